The zero-order valence-electron chi connectivity index (χ0n) is 16.7. The van der Waals surface area contributed by atoms with Gasteiger partial charge in [0, 0.05) is 42.8 Å². The lowest BCUT2D eigenvalue weighted by Gasteiger charge is -2.27. The molecular weight excluding hydrogens is 448 g/mol. The zero-order valence-corrected chi connectivity index (χ0v) is 18.3. The van der Waals surface area contributed by atoms with Crippen molar-refractivity contribution in [1.82, 2.24) is 14.1 Å². The van der Waals surface area contributed by atoms with E-state index in [4.69, 9.17) is 16.3 Å². The summed E-state index contributed by atoms with van der Waals surface area (Å²) in [4.78, 5) is -0.0800. The summed E-state index contributed by atoms with van der Waals surface area (Å²) in [6, 6.07) is 9.07. The molecule has 1 aliphatic rings. The molecule has 0 N–H and O–H groups in total. The standard InChI is InChI=1S/C21H20ClF2N3O3S/c1-26-21-7-8-27(31(28,29)17-4-2-3-15(23)9-17)11-18(21)20(25-26)13-30-12-14-5-6-16(24)10-19(14)22/h2-6,9-10H,7-8,11-13H2,1H3. The van der Waals surface area contributed by atoms with Crippen molar-refractivity contribution in [3.05, 3.63) is 81.6 Å². The summed E-state index contributed by atoms with van der Waals surface area (Å²) in [5, 5.41) is 4.75. The lowest BCUT2D eigenvalue weighted by molar-refractivity contribution is 0.103. The lowest BCUT2D eigenvalue weighted by atomic mass is 10.1. The minimum atomic E-state index is -3.85. The number of benzene rings is 2. The predicted molar refractivity (Wildman–Crippen MR) is 111 cm³/mol. The van der Waals surface area contributed by atoms with Crippen LogP contribution in [0.1, 0.15) is 22.5 Å². The second-order valence-corrected chi connectivity index (χ2v) is 9.62. The molecule has 1 aromatic heterocycles. The van der Waals surface area contributed by atoms with Gasteiger partial charge in [0.05, 0.1) is 23.8 Å². The van der Waals surface area contributed by atoms with Gasteiger partial charge in [-0.2, -0.15) is 9.40 Å². The minimum Gasteiger partial charge on any atom is -0.370 e. The normalized spacial score (nSPS) is 14.6. The monoisotopic (exact) mass is 467 g/mol. The number of aryl methyl sites for hydroxylation is 1. The second kappa shape index (κ2) is 8.66. The van der Waals surface area contributed by atoms with Crippen LogP contribution in [0.5, 0.6) is 0 Å². The first-order valence-electron chi connectivity index (χ1n) is 9.56. The number of aromatic nitrogens is 2. The molecule has 2 aromatic carbocycles. The molecule has 31 heavy (non-hydrogen) atoms. The van der Waals surface area contributed by atoms with E-state index in [1.54, 1.807) is 17.8 Å². The van der Waals surface area contributed by atoms with Crippen LogP contribution in [0, 0.1) is 11.6 Å². The van der Waals surface area contributed by atoms with Gasteiger partial charge in [0.1, 0.15) is 11.6 Å². The molecule has 0 bridgehead atoms. The Labute approximate surface area is 184 Å². The summed E-state index contributed by atoms with van der Waals surface area (Å²) in [5.74, 6) is -1.03. The van der Waals surface area contributed by atoms with E-state index in [1.165, 1.54) is 34.6 Å². The third-order valence-corrected chi connectivity index (χ3v) is 7.43. The third-order valence-electron chi connectivity index (χ3n) is 5.24. The SMILES string of the molecule is Cn1nc(COCc2ccc(F)cc2Cl)c2c1CCN(S(=O)(=O)c1cccc(F)c1)C2. The summed E-state index contributed by atoms with van der Waals surface area (Å²) in [5.41, 5.74) is 2.97. The molecule has 164 valence electrons. The van der Waals surface area contributed by atoms with Gasteiger partial charge in [-0.1, -0.05) is 23.7 Å². The van der Waals surface area contributed by atoms with E-state index in [0.717, 1.165) is 17.3 Å². The molecule has 0 saturated heterocycles. The van der Waals surface area contributed by atoms with E-state index in [0.29, 0.717) is 17.7 Å². The molecule has 4 rings (SSSR count). The van der Waals surface area contributed by atoms with Crippen molar-refractivity contribution < 1.29 is 21.9 Å². The van der Waals surface area contributed by atoms with Gasteiger partial charge < -0.3 is 4.74 Å². The molecule has 0 radical (unpaired) electrons. The fourth-order valence-electron chi connectivity index (χ4n) is 3.64. The Bertz CT molecular complexity index is 1230. The summed E-state index contributed by atoms with van der Waals surface area (Å²) in [6.07, 6.45) is 0.483. The van der Waals surface area contributed by atoms with Crippen LogP contribution in [0.25, 0.3) is 0 Å². The highest BCUT2D eigenvalue weighted by atomic mass is 35.5. The van der Waals surface area contributed by atoms with E-state index in [1.807, 2.05) is 0 Å². The quantitative estimate of drug-likeness (QED) is 0.553. The summed E-state index contributed by atoms with van der Waals surface area (Å²) in [7, 11) is -2.04. The molecule has 3 aromatic rings. The number of fused-ring (bicyclic) bond motifs is 1. The van der Waals surface area contributed by atoms with E-state index in [2.05, 4.69) is 5.10 Å². The Hall–Kier alpha value is -2.33. The molecule has 10 heteroatoms. The second-order valence-electron chi connectivity index (χ2n) is 7.27. The average molecular weight is 468 g/mol. The molecular formula is C21H20ClF2N3O3S. The molecule has 0 aliphatic carbocycles. The topological polar surface area (TPSA) is 64.4 Å². The van der Waals surface area contributed by atoms with E-state index in [-0.39, 0.29) is 36.2 Å². The number of hydrogen-bond donors (Lipinski definition) is 0. The van der Waals surface area contributed by atoms with Gasteiger partial charge in [-0.05, 0) is 35.9 Å². The van der Waals surface area contributed by atoms with Crippen LogP contribution < -0.4 is 0 Å². The molecule has 0 unspecified atom stereocenters. The molecule has 6 nitrogen and oxygen atoms in total. The maximum Gasteiger partial charge on any atom is 0.243 e. The van der Waals surface area contributed by atoms with Crippen LogP contribution in [0.3, 0.4) is 0 Å². The molecule has 0 fully saturated rings. The molecule has 0 amide bonds. The molecule has 0 atom stereocenters. The highest BCUT2D eigenvalue weighted by Gasteiger charge is 2.32. The van der Waals surface area contributed by atoms with Crippen molar-refractivity contribution >= 4 is 21.6 Å². The van der Waals surface area contributed by atoms with Crippen LogP contribution in [0.15, 0.2) is 47.4 Å². The van der Waals surface area contributed by atoms with Crippen LogP contribution in [-0.2, 0) is 48.0 Å². The number of sulfonamides is 1. The van der Waals surface area contributed by atoms with Crippen molar-refractivity contribution in [3.63, 3.8) is 0 Å². The van der Waals surface area contributed by atoms with E-state index >= 15 is 0 Å². The van der Waals surface area contributed by atoms with Crippen LogP contribution in [0.4, 0.5) is 8.78 Å². The first-order valence-corrected chi connectivity index (χ1v) is 11.4. The molecule has 0 spiro atoms. The third kappa shape index (κ3) is 4.50. The highest BCUT2D eigenvalue weighted by molar-refractivity contribution is 7.89. The van der Waals surface area contributed by atoms with Crippen molar-refractivity contribution in [2.45, 2.75) is 31.1 Å². The number of rotatable bonds is 6. The van der Waals surface area contributed by atoms with Gasteiger partial charge in [0.2, 0.25) is 10.0 Å². The van der Waals surface area contributed by atoms with Gasteiger partial charge >= 0.3 is 0 Å². The van der Waals surface area contributed by atoms with Gasteiger partial charge in [-0.25, -0.2) is 17.2 Å². The summed E-state index contributed by atoms with van der Waals surface area (Å²) >= 11 is 6.03. The van der Waals surface area contributed by atoms with Crippen molar-refractivity contribution in [1.29, 1.82) is 0 Å². The smallest absolute Gasteiger partial charge is 0.243 e. The Balaban J connectivity index is 1.51. The number of hydrogen-bond acceptors (Lipinski definition) is 4. The highest BCUT2D eigenvalue weighted by Crippen LogP contribution is 2.28. The minimum absolute atomic E-state index is 0.0800. The number of halogens is 3. The summed E-state index contributed by atoms with van der Waals surface area (Å²) < 4.78 is 61.5. The lowest BCUT2D eigenvalue weighted by Crippen LogP contribution is -2.36. The molecule has 2 heterocycles. The van der Waals surface area contributed by atoms with Gasteiger partial charge in [-0.3, -0.25) is 4.68 Å². The van der Waals surface area contributed by atoms with Crippen molar-refractivity contribution in [3.8, 4) is 0 Å². The van der Waals surface area contributed by atoms with Crippen LogP contribution in [-0.4, -0.2) is 29.0 Å². The number of ether oxygens (including phenoxy) is 1. The molecule has 1 aliphatic heterocycles. The fourth-order valence-corrected chi connectivity index (χ4v) is 5.30. The fraction of sp³-hybridized carbons (Fsp3) is 0.286. The Morgan fingerprint density at radius 3 is 2.65 bits per heavy atom. The first kappa shape index (κ1) is 21.9. The maximum absolute atomic E-state index is 13.6. The summed E-state index contributed by atoms with van der Waals surface area (Å²) in [6.45, 7) is 0.704. The Morgan fingerprint density at radius 2 is 1.90 bits per heavy atom. The first-order chi connectivity index (χ1) is 14.8. The largest absolute Gasteiger partial charge is 0.370 e. The van der Waals surface area contributed by atoms with Crippen molar-refractivity contribution in [2.24, 2.45) is 7.05 Å². The Morgan fingerprint density at radius 1 is 1.13 bits per heavy atom. The van der Waals surface area contributed by atoms with Gasteiger partial charge in [0.25, 0.3) is 0 Å². The number of nitrogens with zero attached hydrogens (tertiary/aromatic N) is 3. The van der Waals surface area contributed by atoms with Crippen LogP contribution in [0.2, 0.25) is 5.02 Å². The van der Waals surface area contributed by atoms with Crippen molar-refractivity contribution in [2.75, 3.05) is 6.54 Å². The predicted octanol–water partition coefficient (Wildman–Crippen LogP) is 3.82. The average Bonchev–Trinajstić information content (AvgIpc) is 3.05. The Kier molecular flexibility index (Phi) is 6.11. The van der Waals surface area contributed by atoms with Gasteiger partial charge in [0.15, 0.2) is 0 Å². The zero-order chi connectivity index (χ0) is 22.2. The molecule has 0 saturated carbocycles. The van der Waals surface area contributed by atoms with Gasteiger partial charge in [-0.15, -0.1) is 0 Å². The maximum atomic E-state index is 13.6. The van der Waals surface area contributed by atoms with Crippen LogP contribution >= 0.6 is 11.6 Å². The van der Waals surface area contributed by atoms with E-state index in [9.17, 15) is 17.2 Å². The van der Waals surface area contributed by atoms with E-state index < -0.39 is 21.7 Å².